The third kappa shape index (κ3) is 3.92. The number of carbonyl (C=O) groups is 2. The van der Waals surface area contributed by atoms with Gasteiger partial charge in [0, 0.05) is 16.8 Å². The number of benzene rings is 3. The lowest BCUT2D eigenvalue weighted by atomic mass is 9.82. The number of anilines is 1. The Morgan fingerprint density at radius 2 is 1.70 bits per heavy atom. The van der Waals surface area contributed by atoms with Crippen LogP contribution in [0.3, 0.4) is 0 Å². The molecular weight excluding hydrogens is 438 g/mol. The summed E-state index contributed by atoms with van der Waals surface area (Å²) in [6.45, 7) is -0.192. The van der Waals surface area contributed by atoms with Gasteiger partial charge in [0.15, 0.2) is 11.6 Å². The topological polar surface area (TPSA) is 89.5 Å². The molecule has 5 rings (SSSR count). The van der Waals surface area contributed by atoms with E-state index in [1.807, 2.05) is 36.4 Å². The molecule has 0 aromatic heterocycles. The zero-order valence-corrected chi connectivity index (χ0v) is 18.2. The Morgan fingerprint density at radius 3 is 2.52 bits per heavy atom. The fourth-order valence-corrected chi connectivity index (χ4v) is 5.13. The average Bonchev–Trinajstić information content (AvgIpc) is 2.84. The number of ketones is 2. The van der Waals surface area contributed by atoms with Crippen LogP contribution < -0.4 is 4.72 Å². The molecule has 0 saturated carbocycles. The van der Waals surface area contributed by atoms with Gasteiger partial charge in [0.05, 0.1) is 10.5 Å². The van der Waals surface area contributed by atoms with Crippen molar-refractivity contribution in [2.45, 2.75) is 11.0 Å². The molecular formula is C26H19NO5S. The van der Waals surface area contributed by atoms with Gasteiger partial charge in [-0.05, 0) is 35.4 Å². The molecule has 33 heavy (non-hydrogen) atoms. The minimum absolute atomic E-state index is 0.0751. The Hall–Kier alpha value is -3.81. The molecule has 1 aliphatic carbocycles. The van der Waals surface area contributed by atoms with Crippen LogP contribution in [0.2, 0.25) is 0 Å². The molecule has 2 aliphatic rings. The predicted octanol–water partition coefficient (Wildman–Crippen LogP) is 4.12. The molecule has 3 aromatic rings. The second-order valence-corrected chi connectivity index (χ2v) is 9.40. The van der Waals surface area contributed by atoms with E-state index in [-0.39, 0.29) is 28.3 Å². The third-order valence-electron chi connectivity index (χ3n) is 5.59. The third-order valence-corrected chi connectivity index (χ3v) is 6.98. The Morgan fingerprint density at radius 1 is 0.939 bits per heavy atom. The summed E-state index contributed by atoms with van der Waals surface area (Å²) < 4.78 is 33.5. The quantitative estimate of drug-likeness (QED) is 0.460. The summed E-state index contributed by atoms with van der Waals surface area (Å²) in [5.41, 5.74) is 2.75. The summed E-state index contributed by atoms with van der Waals surface area (Å²) in [5, 5.41) is 0. The van der Waals surface area contributed by atoms with Crippen molar-refractivity contribution in [3.63, 3.8) is 0 Å². The van der Waals surface area contributed by atoms with Crippen molar-refractivity contribution in [1.82, 2.24) is 0 Å². The largest absolute Gasteiger partial charge is 0.361 e. The van der Waals surface area contributed by atoms with E-state index < -0.39 is 27.7 Å². The van der Waals surface area contributed by atoms with E-state index in [0.29, 0.717) is 5.57 Å². The second-order valence-electron chi connectivity index (χ2n) is 7.72. The van der Waals surface area contributed by atoms with E-state index in [1.165, 1.54) is 18.2 Å². The molecule has 1 N–H and O–H groups in total. The van der Waals surface area contributed by atoms with Crippen molar-refractivity contribution >= 4 is 38.9 Å². The zero-order valence-electron chi connectivity index (χ0n) is 17.4. The van der Waals surface area contributed by atoms with Crippen molar-refractivity contribution in [3.05, 3.63) is 107 Å². The van der Waals surface area contributed by atoms with Crippen molar-refractivity contribution in [3.8, 4) is 0 Å². The number of sulfonamides is 1. The highest BCUT2D eigenvalue weighted by molar-refractivity contribution is 7.92. The molecule has 1 aliphatic heterocycles. The van der Waals surface area contributed by atoms with Crippen LogP contribution in [0.15, 0.2) is 95.4 Å². The molecule has 3 aromatic carbocycles. The molecule has 0 bridgehead atoms. The maximum absolute atomic E-state index is 13.5. The fraction of sp³-hybridized carbons (Fsp3) is 0.0769. The summed E-state index contributed by atoms with van der Waals surface area (Å²) in [4.78, 5) is 26.5. The first-order chi connectivity index (χ1) is 15.9. The molecule has 0 amide bonds. The summed E-state index contributed by atoms with van der Waals surface area (Å²) >= 11 is 0. The second kappa shape index (κ2) is 8.27. The molecule has 1 unspecified atom stereocenters. The van der Waals surface area contributed by atoms with Gasteiger partial charge in [-0.1, -0.05) is 66.7 Å². The summed E-state index contributed by atoms with van der Waals surface area (Å²) in [6, 6.07) is 21.6. The highest BCUT2D eigenvalue weighted by Gasteiger charge is 2.35. The first-order valence-electron chi connectivity index (χ1n) is 10.3. The van der Waals surface area contributed by atoms with Gasteiger partial charge < -0.3 is 4.74 Å². The van der Waals surface area contributed by atoms with Crippen LogP contribution in [-0.2, 0) is 19.6 Å². The molecule has 1 heterocycles. The first kappa shape index (κ1) is 21.1. The molecule has 164 valence electrons. The minimum atomic E-state index is -3.82. The van der Waals surface area contributed by atoms with Gasteiger partial charge in [-0.3, -0.25) is 14.3 Å². The summed E-state index contributed by atoms with van der Waals surface area (Å²) in [5.74, 6) is -0.860. The molecule has 6 nitrogen and oxygen atoms in total. The molecule has 1 atom stereocenters. The number of carbonyl (C=O) groups excluding carboxylic acids is 2. The maximum atomic E-state index is 13.5. The number of ether oxygens (including phenoxy) is 1. The fourth-order valence-electron chi connectivity index (χ4n) is 4.06. The summed E-state index contributed by atoms with van der Waals surface area (Å²) in [6.07, 6.45) is 3.26. The molecule has 7 heteroatoms. The molecule has 0 saturated heterocycles. The van der Waals surface area contributed by atoms with Crippen LogP contribution in [0.25, 0.3) is 11.6 Å². The normalized spacial score (nSPS) is 17.3. The minimum Gasteiger partial charge on any atom is -0.361 e. The van der Waals surface area contributed by atoms with E-state index in [0.717, 1.165) is 11.1 Å². The number of hydrogen-bond donors (Lipinski definition) is 1. The number of nitrogens with one attached hydrogen (secondary N) is 1. The first-order valence-corrected chi connectivity index (χ1v) is 11.8. The smallest absolute Gasteiger partial charge is 0.261 e. The summed E-state index contributed by atoms with van der Waals surface area (Å²) in [7, 11) is -3.82. The van der Waals surface area contributed by atoms with E-state index in [4.69, 9.17) is 4.74 Å². The van der Waals surface area contributed by atoms with E-state index >= 15 is 0 Å². The lowest BCUT2D eigenvalue weighted by Crippen LogP contribution is -2.32. The van der Waals surface area contributed by atoms with E-state index in [9.17, 15) is 18.0 Å². The lowest BCUT2D eigenvalue weighted by molar-refractivity contribution is -0.120. The van der Waals surface area contributed by atoms with Crippen molar-refractivity contribution in [2.75, 3.05) is 11.3 Å². The Kier molecular flexibility index (Phi) is 5.28. The predicted molar refractivity (Wildman–Crippen MR) is 125 cm³/mol. The van der Waals surface area contributed by atoms with Gasteiger partial charge in [0.1, 0.15) is 12.7 Å². The Balaban J connectivity index is 1.54. The zero-order chi connectivity index (χ0) is 23.0. The van der Waals surface area contributed by atoms with Crippen LogP contribution in [0, 0.1) is 0 Å². The van der Waals surface area contributed by atoms with Crippen LogP contribution in [-0.4, -0.2) is 32.7 Å². The van der Waals surface area contributed by atoms with Gasteiger partial charge in [-0.15, -0.1) is 0 Å². The van der Waals surface area contributed by atoms with Gasteiger partial charge >= 0.3 is 0 Å². The van der Waals surface area contributed by atoms with Crippen molar-refractivity contribution in [2.24, 2.45) is 0 Å². The lowest BCUT2D eigenvalue weighted by Gasteiger charge is -2.29. The van der Waals surface area contributed by atoms with Crippen LogP contribution in [0.4, 0.5) is 5.69 Å². The van der Waals surface area contributed by atoms with Crippen LogP contribution in [0.1, 0.15) is 21.5 Å². The van der Waals surface area contributed by atoms with E-state index in [1.54, 1.807) is 36.4 Å². The van der Waals surface area contributed by atoms with Crippen molar-refractivity contribution in [1.29, 1.82) is 0 Å². The Bertz CT molecular complexity index is 1440. The standard InChI is InChI=1S/C26H19NO5S/c28-22-16-32-23-14-13-17-7-4-5-12-21(17)24(23)25(22)26(29)18-8-6-9-19(15-18)27-33(30,31)20-10-2-1-3-11-20/h1-15,23,27H,16H2. The average molecular weight is 458 g/mol. The number of hydrogen-bond acceptors (Lipinski definition) is 5. The number of Topliss-reactive ketones (excluding diaryl/α,β-unsaturated/α-hetero) is 2. The number of rotatable bonds is 5. The SMILES string of the molecule is O=C1COC2C=Cc3ccccc3C2=C1C(=O)c1cccc(NS(=O)(=O)c2ccccc2)c1. The molecule has 0 spiro atoms. The van der Waals surface area contributed by atoms with Crippen LogP contribution in [0.5, 0.6) is 0 Å². The maximum Gasteiger partial charge on any atom is 0.261 e. The molecule has 0 fully saturated rings. The van der Waals surface area contributed by atoms with Crippen LogP contribution >= 0.6 is 0 Å². The highest BCUT2D eigenvalue weighted by atomic mass is 32.2. The monoisotopic (exact) mass is 457 g/mol. The van der Waals surface area contributed by atoms with Crippen molar-refractivity contribution < 1.29 is 22.7 Å². The Labute approximate surface area is 191 Å². The highest BCUT2D eigenvalue weighted by Crippen LogP contribution is 2.37. The van der Waals surface area contributed by atoms with E-state index in [2.05, 4.69) is 4.72 Å². The molecule has 0 radical (unpaired) electrons. The van der Waals surface area contributed by atoms with Gasteiger partial charge in [0.2, 0.25) is 0 Å². The number of fused-ring (bicyclic) bond motifs is 3. The van der Waals surface area contributed by atoms with Gasteiger partial charge in [0.25, 0.3) is 10.0 Å². The van der Waals surface area contributed by atoms with Gasteiger partial charge in [-0.25, -0.2) is 8.42 Å². The van der Waals surface area contributed by atoms with Gasteiger partial charge in [-0.2, -0.15) is 0 Å².